The lowest BCUT2D eigenvalue weighted by Crippen LogP contribution is -2.13. The summed E-state index contributed by atoms with van der Waals surface area (Å²) < 4.78 is 2.59. The smallest absolute Gasteiger partial charge is 0.276 e. The van der Waals surface area contributed by atoms with Gasteiger partial charge in [-0.15, -0.1) is 0 Å². The Hall–Kier alpha value is -3.25. The van der Waals surface area contributed by atoms with Gasteiger partial charge in [0.05, 0.1) is 17.1 Å². The van der Waals surface area contributed by atoms with Gasteiger partial charge in [0.2, 0.25) is 0 Å². The fourth-order valence-corrected chi connectivity index (χ4v) is 3.48. The predicted octanol–water partition coefficient (Wildman–Crippen LogP) is 5.26. The molecule has 1 N–H and O–H groups in total. The molecule has 0 aliphatic heterocycles. The molecule has 0 saturated heterocycles. The van der Waals surface area contributed by atoms with E-state index in [-0.39, 0.29) is 5.91 Å². The molecule has 0 aliphatic carbocycles. The average molecular weight is 433 g/mol. The van der Waals surface area contributed by atoms with Crippen LogP contribution in [0.25, 0.3) is 16.9 Å². The Morgan fingerprint density at radius 1 is 1.04 bits per heavy atom. The number of nitrogens with zero attached hydrogens (tertiary/aromatic N) is 3. The van der Waals surface area contributed by atoms with Gasteiger partial charge in [-0.2, -0.15) is 5.10 Å². The van der Waals surface area contributed by atoms with Crippen molar-refractivity contribution >= 4 is 27.5 Å². The van der Waals surface area contributed by atoms with E-state index in [2.05, 4.69) is 31.3 Å². The fourth-order valence-electron chi connectivity index (χ4n) is 2.89. The number of para-hydroxylation sites is 1. The Bertz CT molecular complexity index is 1070. The number of aryl methyl sites for hydroxylation is 1. The topological polar surface area (TPSA) is 59.8 Å². The minimum atomic E-state index is -0.274. The highest BCUT2D eigenvalue weighted by Gasteiger charge is 2.17. The van der Waals surface area contributed by atoms with Crippen LogP contribution in [0.1, 0.15) is 16.1 Å². The van der Waals surface area contributed by atoms with Gasteiger partial charge in [0.25, 0.3) is 5.91 Å². The van der Waals surface area contributed by atoms with Gasteiger partial charge < -0.3 is 5.32 Å². The van der Waals surface area contributed by atoms with Crippen molar-refractivity contribution in [2.24, 2.45) is 0 Å². The van der Waals surface area contributed by atoms with Gasteiger partial charge in [0.15, 0.2) is 5.69 Å². The van der Waals surface area contributed by atoms with E-state index in [0.717, 1.165) is 27.0 Å². The number of amides is 1. The molecule has 2 aromatic carbocycles. The van der Waals surface area contributed by atoms with Crippen molar-refractivity contribution < 1.29 is 4.79 Å². The number of carbonyl (C=O) groups is 1. The number of halogens is 1. The van der Waals surface area contributed by atoms with Crippen molar-refractivity contribution in [1.82, 2.24) is 14.8 Å². The summed E-state index contributed by atoms with van der Waals surface area (Å²) in [5.41, 5.74) is 4.69. The SMILES string of the molecule is Cc1ccc(NC(=O)c2cc(-c3cccnc3)n(-c3ccccc3)n2)c(Br)c1. The van der Waals surface area contributed by atoms with E-state index in [1.165, 1.54) is 0 Å². The minimum Gasteiger partial charge on any atom is -0.320 e. The van der Waals surface area contributed by atoms with Gasteiger partial charge >= 0.3 is 0 Å². The number of pyridine rings is 1. The van der Waals surface area contributed by atoms with Gasteiger partial charge in [0, 0.05) is 22.4 Å². The summed E-state index contributed by atoms with van der Waals surface area (Å²) >= 11 is 3.49. The highest BCUT2D eigenvalue weighted by Crippen LogP contribution is 2.26. The molecule has 0 aliphatic rings. The summed E-state index contributed by atoms with van der Waals surface area (Å²) in [6.07, 6.45) is 3.48. The maximum absolute atomic E-state index is 12.9. The first-order chi connectivity index (χ1) is 13.6. The van der Waals surface area contributed by atoms with Crippen molar-refractivity contribution in [3.05, 3.63) is 94.9 Å². The van der Waals surface area contributed by atoms with E-state index in [4.69, 9.17) is 0 Å². The highest BCUT2D eigenvalue weighted by molar-refractivity contribution is 9.10. The molecule has 28 heavy (non-hydrogen) atoms. The Morgan fingerprint density at radius 3 is 2.57 bits per heavy atom. The lowest BCUT2D eigenvalue weighted by Gasteiger charge is -2.07. The number of nitrogens with one attached hydrogen (secondary N) is 1. The van der Waals surface area contributed by atoms with Crippen LogP contribution in [0.5, 0.6) is 0 Å². The molecule has 4 rings (SSSR count). The van der Waals surface area contributed by atoms with Crippen LogP contribution in [-0.4, -0.2) is 20.7 Å². The molecule has 0 saturated carbocycles. The van der Waals surface area contributed by atoms with E-state index < -0.39 is 0 Å². The van der Waals surface area contributed by atoms with Crippen LogP contribution in [-0.2, 0) is 0 Å². The minimum absolute atomic E-state index is 0.274. The van der Waals surface area contributed by atoms with Crippen LogP contribution in [0, 0.1) is 6.92 Å². The first kappa shape index (κ1) is 18.1. The normalized spacial score (nSPS) is 10.6. The molecule has 6 heteroatoms. The third-order valence-corrected chi connectivity index (χ3v) is 4.93. The molecule has 0 atom stereocenters. The van der Waals surface area contributed by atoms with E-state index in [0.29, 0.717) is 11.4 Å². The predicted molar refractivity (Wildman–Crippen MR) is 114 cm³/mol. The molecular weight excluding hydrogens is 416 g/mol. The van der Waals surface area contributed by atoms with E-state index in [1.807, 2.05) is 67.6 Å². The molecule has 2 heterocycles. The second-order valence-corrected chi connectivity index (χ2v) is 7.20. The maximum atomic E-state index is 12.9. The number of anilines is 1. The Morgan fingerprint density at radius 2 is 1.86 bits per heavy atom. The number of benzene rings is 2. The zero-order chi connectivity index (χ0) is 19.5. The summed E-state index contributed by atoms with van der Waals surface area (Å²) in [6.45, 7) is 2.00. The van der Waals surface area contributed by atoms with Gasteiger partial charge in [-0.3, -0.25) is 9.78 Å². The summed E-state index contributed by atoms with van der Waals surface area (Å²) in [7, 11) is 0. The van der Waals surface area contributed by atoms with Crippen LogP contribution in [0.4, 0.5) is 5.69 Å². The third-order valence-electron chi connectivity index (χ3n) is 4.27. The zero-order valence-corrected chi connectivity index (χ0v) is 16.7. The molecule has 4 aromatic rings. The monoisotopic (exact) mass is 432 g/mol. The van der Waals surface area contributed by atoms with E-state index >= 15 is 0 Å². The van der Waals surface area contributed by atoms with Crippen molar-refractivity contribution in [2.45, 2.75) is 6.92 Å². The molecule has 0 radical (unpaired) electrons. The zero-order valence-electron chi connectivity index (χ0n) is 15.1. The first-order valence-corrected chi connectivity index (χ1v) is 9.54. The standard InChI is InChI=1S/C22H17BrN4O/c1-15-9-10-19(18(23)12-15)25-22(28)20-13-21(16-6-5-11-24-14-16)27(26-20)17-7-3-2-4-8-17/h2-14H,1H3,(H,25,28). The van der Waals surface area contributed by atoms with Crippen LogP contribution in [0.2, 0.25) is 0 Å². The third kappa shape index (κ3) is 3.73. The van der Waals surface area contributed by atoms with Crippen LogP contribution >= 0.6 is 15.9 Å². The van der Waals surface area contributed by atoms with Crippen LogP contribution in [0.3, 0.4) is 0 Å². The van der Waals surface area contributed by atoms with E-state index in [9.17, 15) is 4.79 Å². The number of aromatic nitrogens is 3. The summed E-state index contributed by atoms with van der Waals surface area (Å²) in [5, 5.41) is 7.48. The maximum Gasteiger partial charge on any atom is 0.276 e. The average Bonchev–Trinajstić information content (AvgIpc) is 3.17. The summed E-state index contributed by atoms with van der Waals surface area (Å²) in [6, 6.07) is 21.1. The molecule has 0 bridgehead atoms. The first-order valence-electron chi connectivity index (χ1n) is 8.75. The molecule has 138 valence electrons. The highest BCUT2D eigenvalue weighted by atomic mass is 79.9. The van der Waals surface area contributed by atoms with Gasteiger partial charge in [-0.1, -0.05) is 24.3 Å². The molecule has 0 fully saturated rings. The molecule has 0 spiro atoms. The molecule has 2 aromatic heterocycles. The van der Waals surface area contributed by atoms with Crippen molar-refractivity contribution in [3.8, 4) is 16.9 Å². The molecular formula is C22H17BrN4O. The van der Waals surface area contributed by atoms with Gasteiger partial charge in [0.1, 0.15) is 0 Å². The van der Waals surface area contributed by atoms with E-state index in [1.54, 1.807) is 23.1 Å². The summed E-state index contributed by atoms with van der Waals surface area (Å²) in [4.78, 5) is 17.0. The molecule has 5 nitrogen and oxygen atoms in total. The molecule has 0 unspecified atom stereocenters. The Labute approximate surface area is 171 Å². The largest absolute Gasteiger partial charge is 0.320 e. The Kier molecular flexibility index (Phi) is 5.04. The van der Waals surface area contributed by atoms with Crippen LogP contribution in [0.15, 0.2) is 83.6 Å². The summed E-state index contributed by atoms with van der Waals surface area (Å²) in [5.74, 6) is -0.274. The number of carbonyl (C=O) groups excluding carboxylic acids is 1. The quantitative estimate of drug-likeness (QED) is 0.478. The second kappa shape index (κ2) is 7.78. The lowest BCUT2D eigenvalue weighted by molar-refractivity contribution is 0.102. The Balaban J connectivity index is 1.74. The lowest BCUT2D eigenvalue weighted by atomic mass is 10.2. The van der Waals surface area contributed by atoms with Crippen molar-refractivity contribution in [1.29, 1.82) is 0 Å². The van der Waals surface area contributed by atoms with Crippen molar-refractivity contribution in [2.75, 3.05) is 5.32 Å². The number of rotatable bonds is 4. The number of hydrogen-bond acceptors (Lipinski definition) is 3. The fraction of sp³-hybridized carbons (Fsp3) is 0.0455. The van der Waals surface area contributed by atoms with Gasteiger partial charge in [-0.05, 0) is 70.9 Å². The second-order valence-electron chi connectivity index (χ2n) is 6.34. The molecule has 1 amide bonds. The van der Waals surface area contributed by atoms with Crippen molar-refractivity contribution in [3.63, 3.8) is 0 Å². The van der Waals surface area contributed by atoms with Crippen LogP contribution < -0.4 is 5.32 Å². The number of hydrogen-bond donors (Lipinski definition) is 1. The van der Waals surface area contributed by atoms with Gasteiger partial charge in [-0.25, -0.2) is 4.68 Å².